The third-order valence-corrected chi connectivity index (χ3v) is 7.44. The summed E-state index contributed by atoms with van der Waals surface area (Å²) < 4.78 is 12.3. The Kier molecular flexibility index (Phi) is 9.37. The highest BCUT2D eigenvalue weighted by atomic mass is 35.5. The van der Waals surface area contributed by atoms with Gasteiger partial charge in [0.15, 0.2) is 11.0 Å². The molecule has 1 aromatic carbocycles. The largest absolute Gasteiger partial charge is 0.484 e. The minimum Gasteiger partial charge on any atom is -0.484 e. The molecule has 3 rings (SSSR count). The first-order valence-electron chi connectivity index (χ1n) is 10.2. The molecular weight excluding hydrogens is 549 g/mol. The molecule has 190 valence electrons. The van der Waals surface area contributed by atoms with E-state index >= 15 is 0 Å². The number of aromatic nitrogens is 3. The van der Waals surface area contributed by atoms with Gasteiger partial charge in [0.2, 0.25) is 5.91 Å². The Balaban J connectivity index is 1.71. The quantitative estimate of drug-likeness (QED) is 0.197. The molecule has 0 aliphatic rings. The molecule has 0 saturated carbocycles. The van der Waals surface area contributed by atoms with E-state index in [1.54, 1.807) is 35.8 Å². The van der Waals surface area contributed by atoms with Gasteiger partial charge in [0, 0.05) is 17.6 Å². The Bertz CT molecular complexity index is 1320. The van der Waals surface area contributed by atoms with Gasteiger partial charge in [-0.15, -0.1) is 28.1 Å². The Labute approximate surface area is 224 Å². The number of methoxy groups -OCH3 is 1. The summed E-state index contributed by atoms with van der Waals surface area (Å²) in [5.41, 5.74) is 5.81. The normalized spacial score (nSPS) is 10.7. The van der Waals surface area contributed by atoms with E-state index in [-0.39, 0.29) is 27.8 Å². The maximum Gasteiger partial charge on any atom is 0.341 e. The number of hydrogen-bond acceptors (Lipinski definition) is 9. The van der Waals surface area contributed by atoms with E-state index in [4.69, 9.17) is 38.4 Å². The zero-order chi connectivity index (χ0) is 26.4. The lowest BCUT2D eigenvalue weighted by Gasteiger charge is -2.10. The third kappa shape index (κ3) is 6.38. The SMILES string of the molecule is C=CCn1c(COc2cc(Cl)ccc2Cl)nnc1SCC(=O)Nc1sc(C(N)=O)c(C)c1C(=O)OC. The van der Waals surface area contributed by atoms with Crippen LogP contribution >= 0.6 is 46.3 Å². The molecule has 0 saturated heterocycles. The van der Waals surface area contributed by atoms with Gasteiger partial charge in [0.05, 0.1) is 28.3 Å². The molecule has 0 spiro atoms. The number of anilines is 1. The number of benzene rings is 1. The summed E-state index contributed by atoms with van der Waals surface area (Å²) in [5, 5.41) is 12.4. The van der Waals surface area contributed by atoms with E-state index in [9.17, 15) is 14.4 Å². The molecule has 2 heterocycles. The monoisotopic (exact) mass is 569 g/mol. The highest BCUT2D eigenvalue weighted by molar-refractivity contribution is 7.99. The second-order valence-electron chi connectivity index (χ2n) is 7.11. The van der Waals surface area contributed by atoms with Crippen LogP contribution in [0.2, 0.25) is 10.0 Å². The van der Waals surface area contributed by atoms with Crippen molar-refractivity contribution < 1.29 is 23.9 Å². The predicted octanol–water partition coefficient (Wildman–Crippen LogP) is 4.34. The van der Waals surface area contributed by atoms with E-state index < -0.39 is 17.8 Å². The zero-order valence-corrected chi connectivity index (χ0v) is 22.3. The lowest BCUT2D eigenvalue weighted by molar-refractivity contribution is -0.113. The number of esters is 1. The summed E-state index contributed by atoms with van der Waals surface area (Å²) >= 11 is 14.2. The summed E-state index contributed by atoms with van der Waals surface area (Å²) in [6.07, 6.45) is 1.66. The summed E-state index contributed by atoms with van der Waals surface area (Å²) in [5.74, 6) is -0.993. The van der Waals surface area contributed by atoms with Crippen LogP contribution in [0.15, 0.2) is 36.0 Å². The highest BCUT2D eigenvalue weighted by Gasteiger charge is 2.25. The van der Waals surface area contributed by atoms with Gasteiger partial charge in [-0.3, -0.25) is 14.2 Å². The van der Waals surface area contributed by atoms with Crippen molar-refractivity contribution in [2.45, 2.75) is 25.2 Å². The van der Waals surface area contributed by atoms with Crippen molar-refractivity contribution in [1.82, 2.24) is 14.8 Å². The molecule has 36 heavy (non-hydrogen) atoms. The van der Waals surface area contributed by atoms with E-state index in [0.29, 0.717) is 38.9 Å². The second kappa shape index (κ2) is 12.3. The first kappa shape index (κ1) is 27.5. The minimum absolute atomic E-state index is 0.0558. The van der Waals surface area contributed by atoms with Crippen LogP contribution in [-0.4, -0.2) is 45.4 Å². The van der Waals surface area contributed by atoms with Crippen molar-refractivity contribution in [3.05, 3.63) is 62.7 Å². The van der Waals surface area contributed by atoms with Gasteiger partial charge in [0.25, 0.3) is 5.91 Å². The number of thiophene rings is 1. The standard InChI is InChI=1S/C22H21Cl2N5O5S2/c1-4-7-29-15(9-34-14-8-12(23)5-6-13(14)24)27-28-22(29)35-10-16(30)26-20-17(21(32)33-3)11(2)18(36-20)19(25)31/h4-6,8H,1,7,9-10H2,2-3H3,(H2,25,31)(H,26,30). The van der Waals surface area contributed by atoms with Crippen LogP contribution in [0.5, 0.6) is 5.75 Å². The molecule has 0 radical (unpaired) electrons. The van der Waals surface area contributed by atoms with Crippen LogP contribution < -0.4 is 15.8 Å². The van der Waals surface area contributed by atoms with Gasteiger partial charge >= 0.3 is 5.97 Å². The van der Waals surface area contributed by atoms with Crippen molar-refractivity contribution in [2.24, 2.45) is 5.73 Å². The number of hydrogen-bond donors (Lipinski definition) is 2. The van der Waals surface area contributed by atoms with E-state index in [1.165, 1.54) is 7.11 Å². The van der Waals surface area contributed by atoms with Crippen molar-refractivity contribution in [3.8, 4) is 5.75 Å². The topological polar surface area (TPSA) is 138 Å². The summed E-state index contributed by atoms with van der Waals surface area (Å²) in [7, 11) is 1.21. The maximum atomic E-state index is 12.7. The van der Waals surface area contributed by atoms with Gasteiger partial charge in [-0.1, -0.05) is 41.0 Å². The number of primary amides is 1. The number of amides is 2. The third-order valence-electron chi connectivity index (χ3n) is 4.70. The first-order chi connectivity index (χ1) is 17.2. The van der Waals surface area contributed by atoms with Crippen LogP contribution in [0.25, 0.3) is 0 Å². The molecule has 3 N–H and O–H groups in total. The lowest BCUT2D eigenvalue weighted by Crippen LogP contribution is -2.16. The minimum atomic E-state index is -0.705. The van der Waals surface area contributed by atoms with E-state index in [1.807, 2.05) is 0 Å². The molecule has 0 unspecified atom stereocenters. The molecule has 0 bridgehead atoms. The van der Waals surface area contributed by atoms with E-state index in [2.05, 4.69) is 22.1 Å². The van der Waals surface area contributed by atoms with Crippen molar-refractivity contribution in [3.63, 3.8) is 0 Å². The van der Waals surface area contributed by atoms with Crippen LogP contribution in [0.4, 0.5) is 5.00 Å². The van der Waals surface area contributed by atoms with Gasteiger partial charge < -0.3 is 20.5 Å². The number of nitrogens with two attached hydrogens (primary N) is 1. The number of carbonyl (C=O) groups excluding carboxylic acids is 3. The average molecular weight is 570 g/mol. The van der Waals surface area contributed by atoms with Gasteiger partial charge in [-0.2, -0.15) is 0 Å². The van der Waals surface area contributed by atoms with Gasteiger partial charge in [-0.25, -0.2) is 4.79 Å². The fourth-order valence-electron chi connectivity index (χ4n) is 3.05. The number of halogens is 2. The molecule has 3 aromatic rings. The Morgan fingerprint density at radius 1 is 1.31 bits per heavy atom. The second-order valence-corrected chi connectivity index (χ2v) is 9.92. The molecule has 0 aliphatic heterocycles. The number of nitrogens with zero attached hydrogens (tertiary/aromatic N) is 3. The van der Waals surface area contributed by atoms with Crippen LogP contribution in [0.3, 0.4) is 0 Å². The van der Waals surface area contributed by atoms with Crippen LogP contribution in [-0.2, 0) is 22.7 Å². The Hall–Kier alpha value is -3.06. The molecular formula is C22H21Cl2N5O5S2. The molecule has 2 amide bonds. The Morgan fingerprint density at radius 3 is 2.72 bits per heavy atom. The lowest BCUT2D eigenvalue weighted by atomic mass is 10.1. The molecule has 0 fully saturated rings. The van der Waals surface area contributed by atoms with Crippen molar-refractivity contribution in [2.75, 3.05) is 18.2 Å². The summed E-state index contributed by atoms with van der Waals surface area (Å²) in [4.78, 5) is 36.7. The fraction of sp³-hybridized carbons (Fsp3) is 0.227. The molecule has 2 aromatic heterocycles. The zero-order valence-electron chi connectivity index (χ0n) is 19.2. The smallest absolute Gasteiger partial charge is 0.341 e. The van der Waals surface area contributed by atoms with Gasteiger partial charge in [-0.05, 0) is 24.6 Å². The molecule has 0 atom stereocenters. The van der Waals surface area contributed by atoms with Crippen molar-refractivity contribution >= 4 is 69.1 Å². The van der Waals surface area contributed by atoms with Gasteiger partial charge in [0.1, 0.15) is 17.4 Å². The highest BCUT2D eigenvalue weighted by Crippen LogP contribution is 2.34. The number of carbonyl (C=O) groups is 3. The molecule has 14 heteroatoms. The average Bonchev–Trinajstić information content (AvgIpc) is 3.38. The summed E-state index contributed by atoms with van der Waals surface area (Å²) in [6.45, 7) is 5.74. The van der Waals surface area contributed by atoms with E-state index in [0.717, 1.165) is 23.1 Å². The number of allylic oxidation sites excluding steroid dienone is 1. The Morgan fingerprint density at radius 2 is 2.06 bits per heavy atom. The van der Waals surface area contributed by atoms with Crippen LogP contribution in [0, 0.1) is 6.92 Å². The first-order valence-corrected chi connectivity index (χ1v) is 12.8. The number of thioether (sulfide) groups is 1. The molecule has 0 aliphatic carbocycles. The van der Waals surface area contributed by atoms with Crippen LogP contribution in [0.1, 0.15) is 31.4 Å². The van der Waals surface area contributed by atoms with Crippen molar-refractivity contribution in [1.29, 1.82) is 0 Å². The maximum absolute atomic E-state index is 12.7. The number of rotatable bonds is 11. The number of nitrogens with one attached hydrogen (secondary N) is 1. The number of ether oxygens (including phenoxy) is 2. The molecule has 10 nitrogen and oxygen atoms in total. The fourth-order valence-corrected chi connectivity index (χ4v) is 5.22. The predicted molar refractivity (Wildman–Crippen MR) is 139 cm³/mol. The summed E-state index contributed by atoms with van der Waals surface area (Å²) in [6, 6.07) is 4.87.